The van der Waals surface area contributed by atoms with Gasteiger partial charge in [-0.1, -0.05) is 30.3 Å². The molecule has 0 aromatic heterocycles. The Labute approximate surface area is 103 Å². The van der Waals surface area contributed by atoms with Crippen molar-refractivity contribution in [1.82, 2.24) is 0 Å². The Kier molecular flexibility index (Phi) is 2.93. The average Bonchev–Trinajstić information content (AvgIpc) is 2.32. The summed E-state index contributed by atoms with van der Waals surface area (Å²) in [4.78, 5) is 0. The minimum Gasteiger partial charge on any atom is -0.379 e. The van der Waals surface area contributed by atoms with Gasteiger partial charge in [0.2, 0.25) is 0 Å². The second-order valence-electron chi connectivity index (χ2n) is 5.63. The fraction of sp³-hybridized carbons (Fsp3) is 0.600. The first kappa shape index (κ1) is 11.2. The van der Waals surface area contributed by atoms with E-state index in [1.807, 2.05) is 0 Å². The Morgan fingerprint density at radius 1 is 1.00 bits per heavy atom. The summed E-state index contributed by atoms with van der Waals surface area (Å²) in [6.07, 6.45) is 4.89. The summed E-state index contributed by atoms with van der Waals surface area (Å²) in [6, 6.07) is 11.3. The monoisotopic (exact) mass is 231 g/mol. The van der Waals surface area contributed by atoms with Crippen LogP contribution in [0.2, 0.25) is 0 Å². The SMILES string of the molecule is NC1CCC(C2(c3ccccc3)COC2)CC1. The van der Waals surface area contributed by atoms with Crippen LogP contribution in [0.5, 0.6) is 0 Å². The van der Waals surface area contributed by atoms with Crippen molar-refractivity contribution in [3.05, 3.63) is 35.9 Å². The summed E-state index contributed by atoms with van der Waals surface area (Å²) in [5.41, 5.74) is 7.76. The van der Waals surface area contributed by atoms with Gasteiger partial charge in [-0.2, -0.15) is 0 Å². The number of nitrogens with two attached hydrogens (primary N) is 1. The van der Waals surface area contributed by atoms with Gasteiger partial charge in [-0.15, -0.1) is 0 Å². The maximum absolute atomic E-state index is 6.01. The molecule has 3 rings (SSSR count). The molecule has 2 N–H and O–H groups in total. The quantitative estimate of drug-likeness (QED) is 0.848. The third-order valence-electron chi connectivity index (χ3n) is 4.62. The van der Waals surface area contributed by atoms with E-state index >= 15 is 0 Å². The maximum atomic E-state index is 6.01. The predicted octanol–water partition coefficient (Wildman–Crippen LogP) is 2.47. The minimum atomic E-state index is 0.293. The molecule has 2 nitrogen and oxygen atoms in total. The lowest BCUT2D eigenvalue weighted by Crippen LogP contribution is -2.53. The van der Waals surface area contributed by atoms with E-state index in [1.54, 1.807) is 0 Å². The summed E-state index contributed by atoms with van der Waals surface area (Å²) in [6.45, 7) is 1.80. The molecule has 17 heavy (non-hydrogen) atoms. The van der Waals surface area contributed by atoms with E-state index in [0.29, 0.717) is 11.5 Å². The fourth-order valence-corrected chi connectivity index (χ4v) is 3.40. The number of hydrogen-bond donors (Lipinski definition) is 1. The number of hydrogen-bond acceptors (Lipinski definition) is 2. The van der Waals surface area contributed by atoms with Crippen LogP contribution in [0.15, 0.2) is 30.3 Å². The molecule has 2 fully saturated rings. The summed E-state index contributed by atoms with van der Waals surface area (Å²) >= 11 is 0. The summed E-state index contributed by atoms with van der Waals surface area (Å²) in [5, 5.41) is 0. The molecule has 1 aromatic rings. The molecular weight excluding hydrogens is 210 g/mol. The maximum Gasteiger partial charge on any atom is 0.0588 e. The van der Waals surface area contributed by atoms with Crippen LogP contribution in [0, 0.1) is 5.92 Å². The second-order valence-corrected chi connectivity index (χ2v) is 5.63. The Balaban J connectivity index is 1.83. The van der Waals surface area contributed by atoms with Crippen molar-refractivity contribution in [2.45, 2.75) is 37.1 Å². The van der Waals surface area contributed by atoms with E-state index in [9.17, 15) is 0 Å². The molecule has 2 aliphatic rings. The molecular formula is C15H21NO. The van der Waals surface area contributed by atoms with Crippen molar-refractivity contribution >= 4 is 0 Å². The molecule has 0 atom stereocenters. The van der Waals surface area contributed by atoms with Crippen LogP contribution in [-0.2, 0) is 10.2 Å². The van der Waals surface area contributed by atoms with E-state index < -0.39 is 0 Å². The first-order valence-electron chi connectivity index (χ1n) is 6.70. The van der Waals surface area contributed by atoms with Crippen molar-refractivity contribution in [1.29, 1.82) is 0 Å². The molecule has 1 aromatic carbocycles. The van der Waals surface area contributed by atoms with Crippen LogP contribution in [0.1, 0.15) is 31.2 Å². The van der Waals surface area contributed by atoms with Gasteiger partial charge in [0, 0.05) is 11.5 Å². The summed E-state index contributed by atoms with van der Waals surface area (Å²) in [5.74, 6) is 0.762. The normalized spacial score (nSPS) is 31.8. The van der Waals surface area contributed by atoms with Crippen LogP contribution in [0.25, 0.3) is 0 Å². The molecule has 1 aliphatic heterocycles. The minimum absolute atomic E-state index is 0.293. The molecule has 1 aliphatic carbocycles. The van der Waals surface area contributed by atoms with E-state index in [2.05, 4.69) is 30.3 Å². The molecule has 1 saturated heterocycles. The third-order valence-corrected chi connectivity index (χ3v) is 4.62. The van der Waals surface area contributed by atoms with E-state index in [4.69, 9.17) is 10.5 Å². The van der Waals surface area contributed by atoms with E-state index in [-0.39, 0.29) is 0 Å². The van der Waals surface area contributed by atoms with Gasteiger partial charge in [0.15, 0.2) is 0 Å². The fourth-order valence-electron chi connectivity index (χ4n) is 3.40. The highest BCUT2D eigenvalue weighted by molar-refractivity contribution is 5.29. The first-order chi connectivity index (χ1) is 8.31. The zero-order chi connectivity index (χ0) is 11.7. The predicted molar refractivity (Wildman–Crippen MR) is 68.9 cm³/mol. The standard InChI is InChI=1S/C15H21NO/c16-14-8-6-13(7-9-14)15(10-17-11-15)12-4-2-1-3-5-12/h1-5,13-14H,6-11,16H2. The van der Waals surface area contributed by atoms with E-state index in [1.165, 1.54) is 31.2 Å². The van der Waals surface area contributed by atoms with Crippen molar-refractivity contribution in [2.75, 3.05) is 13.2 Å². The van der Waals surface area contributed by atoms with Crippen molar-refractivity contribution in [2.24, 2.45) is 11.7 Å². The van der Waals surface area contributed by atoms with Crippen LogP contribution in [-0.4, -0.2) is 19.3 Å². The lowest BCUT2D eigenvalue weighted by Gasteiger charge is -2.49. The highest BCUT2D eigenvalue weighted by Gasteiger charge is 2.47. The third kappa shape index (κ3) is 1.90. The molecule has 0 bridgehead atoms. The molecule has 0 radical (unpaired) electrons. The van der Waals surface area contributed by atoms with Crippen LogP contribution in [0.3, 0.4) is 0 Å². The topological polar surface area (TPSA) is 35.2 Å². The molecule has 1 heterocycles. The van der Waals surface area contributed by atoms with Gasteiger partial charge >= 0.3 is 0 Å². The van der Waals surface area contributed by atoms with E-state index in [0.717, 1.165) is 19.1 Å². The van der Waals surface area contributed by atoms with Crippen molar-refractivity contribution < 1.29 is 4.74 Å². The van der Waals surface area contributed by atoms with Gasteiger partial charge in [0.1, 0.15) is 0 Å². The van der Waals surface area contributed by atoms with Gasteiger partial charge < -0.3 is 10.5 Å². The Morgan fingerprint density at radius 3 is 2.18 bits per heavy atom. The molecule has 0 spiro atoms. The van der Waals surface area contributed by atoms with Gasteiger partial charge in [0.25, 0.3) is 0 Å². The molecule has 0 amide bonds. The van der Waals surface area contributed by atoms with Gasteiger partial charge in [-0.05, 0) is 37.2 Å². The number of rotatable bonds is 2. The Hall–Kier alpha value is -0.860. The Bertz CT molecular complexity index is 364. The lowest BCUT2D eigenvalue weighted by atomic mass is 9.63. The van der Waals surface area contributed by atoms with Gasteiger partial charge in [-0.3, -0.25) is 0 Å². The molecule has 0 unspecified atom stereocenters. The summed E-state index contributed by atoms with van der Waals surface area (Å²) in [7, 11) is 0. The molecule has 1 saturated carbocycles. The van der Waals surface area contributed by atoms with Crippen molar-refractivity contribution in [3.63, 3.8) is 0 Å². The lowest BCUT2D eigenvalue weighted by molar-refractivity contribution is -0.0984. The average molecular weight is 231 g/mol. The molecule has 2 heteroatoms. The first-order valence-corrected chi connectivity index (χ1v) is 6.70. The highest BCUT2D eigenvalue weighted by Crippen LogP contribution is 2.45. The van der Waals surface area contributed by atoms with Crippen LogP contribution in [0.4, 0.5) is 0 Å². The van der Waals surface area contributed by atoms with Crippen molar-refractivity contribution in [3.8, 4) is 0 Å². The second kappa shape index (κ2) is 4.43. The van der Waals surface area contributed by atoms with Gasteiger partial charge in [0.05, 0.1) is 13.2 Å². The zero-order valence-corrected chi connectivity index (χ0v) is 10.3. The van der Waals surface area contributed by atoms with Crippen LogP contribution < -0.4 is 5.73 Å². The zero-order valence-electron chi connectivity index (χ0n) is 10.3. The Morgan fingerprint density at radius 2 is 1.65 bits per heavy atom. The molecule has 92 valence electrons. The summed E-state index contributed by atoms with van der Waals surface area (Å²) < 4.78 is 5.54. The highest BCUT2D eigenvalue weighted by atomic mass is 16.5. The smallest absolute Gasteiger partial charge is 0.0588 e. The number of benzene rings is 1. The van der Waals surface area contributed by atoms with Crippen LogP contribution >= 0.6 is 0 Å². The largest absolute Gasteiger partial charge is 0.379 e. The van der Waals surface area contributed by atoms with Gasteiger partial charge in [-0.25, -0.2) is 0 Å². The number of ether oxygens (including phenoxy) is 1.